The number of aliphatic imine (C=N–C) groups is 1. The maximum absolute atomic E-state index is 12.6. The fourth-order valence-electron chi connectivity index (χ4n) is 3.72. The maximum Gasteiger partial charge on any atom is 0.363 e. The molecule has 206 valence electrons. The second-order valence-electron chi connectivity index (χ2n) is 8.31. The number of hydrogen-bond acceptors (Lipinski definition) is 8. The average Bonchev–Trinajstić information content (AvgIpc) is 3.31. The van der Waals surface area contributed by atoms with Gasteiger partial charge in [-0.05, 0) is 86.5 Å². The van der Waals surface area contributed by atoms with Crippen LogP contribution in [-0.2, 0) is 14.3 Å². The summed E-state index contributed by atoms with van der Waals surface area (Å²) in [6.45, 7) is 6.86. The van der Waals surface area contributed by atoms with E-state index in [1.807, 2.05) is 20.8 Å². The lowest BCUT2D eigenvalue weighted by Crippen LogP contribution is -2.07. The highest BCUT2D eigenvalue weighted by Crippen LogP contribution is 2.32. The van der Waals surface area contributed by atoms with Crippen LogP contribution >= 0.6 is 11.6 Å². The van der Waals surface area contributed by atoms with E-state index < -0.39 is 11.9 Å². The van der Waals surface area contributed by atoms with Crippen LogP contribution in [0.1, 0.15) is 37.5 Å². The molecule has 1 aliphatic rings. The standard InChI is InChI=1S/C31H28ClNO7/c1-4-36-25-15-11-22(19-28(25)38-6-3)30-33-24(31(35)40-30)17-21-9-14-26(27(18-21)37-5-2)39-29(34)16-10-20-7-12-23(32)13-8-20/h7-19H,4-6H2,1-3H3/b16-10+,24-17-. The molecule has 0 saturated carbocycles. The molecule has 0 amide bonds. The summed E-state index contributed by atoms with van der Waals surface area (Å²) in [4.78, 5) is 29.4. The fraction of sp³-hybridized carbons (Fsp3) is 0.194. The van der Waals surface area contributed by atoms with Gasteiger partial charge >= 0.3 is 11.9 Å². The number of carbonyl (C=O) groups excluding carboxylic acids is 2. The third-order valence-corrected chi connectivity index (χ3v) is 5.73. The number of rotatable bonds is 11. The highest BCUT2D eigenvalue weighted by atomic mass is 35.5. The molecule has 0 saturated heterocycles. The molecule has 0 N–H and O–H groups in total. The van der Waals surface area contributed by atoms with E-state index in [0.29, 0.717) is 53.2 Å². The van der Waals surface area contributed by atoms with Crippen molar-refractivity contribution in [2.45, 2.75) is 20.8 Å². The Morgan fingerprint density at radius 3 is 2.15 bits per heavy atom. The quantitative estimate of drug-likeness (QED) is 0.150. The van der Waals surface area contributed by atoms with Gasteiger partial charge in [-0.2, -0.15) is 0 Å². The first-order valence-electron chi connectivity index (χ1n) is 12.7. The van der Waals surface area contributed by atoms with Crippen molar-refractivity contribution in [2.75, 3.05) is 19.8 Å². The molecular formula is C31H28ClNO7. The summed E-state index contributed by atoms with van der Waals surface area (Å²) in [5.41, 5.74) is 2.10. The predicted molar refractivity (Wildman–Crippen MR) is 153 cm³/mol. The van der Waals surface area contributed by atoms with E-state index in [0.717, 1.165) is 5.56 Å². The molecule has 0 bridgehead atoms. The van der Waals surface area contributed by atoms with Gasteiger partial charge in [-0.3, -0.25) is 0 Å². The Kier molecular flexibility index (Phi) is 9.59. The van der Waals surface area contributed by atoms with Gasteiger partial charge in [0.1, 0.15) is 0 Å². The second-order valence-corrected chi connectivity index (χ2v) is 8.75. The van der Waals surface area contributed by atoms with Gasteiger partial charge in [-0.1, -0.05) is 29.8 Å². The normalized spacial score (nSPS) is 13.8. The van der Waals surface area contributed by atoms with Gasteiger partial charge in [0.15, 0.2) is 28.7 Å². The largest absolute Gasteiger partial charge is 0.490 e. The number of esters is 2. The number of carbonyl (C=O) groups is 2. The Morgan fingerprint density at radius 2 is 1.45 bits per heavy atom. The zero-order valence-corrected chi connectivity index (χ0v) is 23.1. The molecule has 1 heterocycles. The van der Waals surface area contributed by atoms with Crippen molar-refractivity contribution in [1.29, 1.82) is 0 Å². The molecule has 0 atom stereocenters. The number of halogens is 1. The summed E-state index contributed by atoms with van der Waals surface area (Å²) in [5.74, 6) is 0.703. The van der Waals surface area contributed by atoms with Crippen LogP contribution in [-0.4, -0.2) is 37.7 Å². The summed E-state index contributed by atoms with van der Waals surface area (Å²) in [7, 11) is 0. The monoisotopic (exact) mass is 561 g/mol. The lowest BCUT2D eigenvalue weighted by molar-refractivity contribution is -0.130. The van der Waals surface area contributed by atoms with Gasteiger partial charge in [0.2, 0.25) is 5.90 Å². The average molecular weight is 562 g/mol. The lowest BCUT2D eigenvalue weighted by Gasteiger charge is -2.11. The van der Waals surface area contributed by atoms with Gasteiger partial charge in [-0.25, -0.2) is 14.6 Å². The van der Waals surface area contributed by atoms with Crippen LogP contribution in [0, 0.1) is 0 Å². The Bertz CT molecular complexity index is 1480. The Hall–Kier alpha value is -4.56. The minimum absolute atomic E-state index is 0.111. The van der Waals surface area contributed by atoms with Crippen LogP contribution in [0.3, 0.4) is 0 Å². The van der Waals surface area contributed by atoms with E-state index in [1.165, 1.54) is 6.08 Å². The summed E-state index contributed by atoms with van der Waals surface area (Å²) < 4.78 is 27.8. The first-order chi connectivity index (χ1) is 19.4. The molecule has 3 aromatic rings. The molecular weight excluding hydrogens is 534 g/mol. The van der Waals surface area contributed by atoms with E-state index in [1.54, 1.807) is 72.8 Å². The van der Waals surface area contributed by atoms with Crippen LogP contribution in [0.5, 0.6) is 23.0 Å². The SMILES string of the molecule is CCOc1ccc(C2=N/C(=C\c3ccc(OC(=O)/C=C/c4ccc(Cl)cc4)c(OCC)c3)C(=O)O2)cc1OCC. The molecule has 0 spiro atoms. The van der Waals surface area contributed by atoms with Gasteiger partial charge in [0.05, 0.1) is 19.8 Å². The topological polar surface area (TPSA) is 92.7 Å². The number of nitrogens with zero attached hydrogens (tertiary/aromatic N) is 1. The highest BCUT2D eigenvalue weighted by Gasteiger charge is 2.25. The smallest absolute Gasteiger partial charge is 0.363 e. The lowest BCUT2D eigenvalue weighted by atomic mass is 10.1. The molecule has 9 heteroatoms. The number of benzene rings is 3. The molecule has 8 nitrogen and oxygen atoms in total. The summed E-state index contributed by atoms with van der Waals surface area (Å²) in [6.07, 6.45) is 4.51. The van der Waals surface area contributed by atoms with Crippen molar-refractivity contribution >= 4 is 41.6 Å². The van der Waals surface area contributed by atoms with Gasteiger partial charge in [0, 0.05) is 16.7 Å². The molecule has 0 fully saturated rings. The highest BCUT2D eigenvalue weighted by molar-refractivity contribution is 6.30. The molecule has 1 aliphatic heterocycles. The molecule has 3 aromatic carbocycles. The van der Waals surface area contributed by atoms with Crippen LogP contribution in [0.2, 0.25) is 5.02 Å². The van der Waals surface area contributed by atoms with Crippen LogP contribution < -0.4 is 18.9 Å². The van der Waals surface area contributed by atoms with Crippen molar-refractivity contribution in [3.63, 3.8) is 0 Å². The Balaban J connectivity index is 1.53. The molecule has 0 aromatic heterocycles. The number of ether oxygens (including phenoxy) is 5. The molecule has 40 heavy (non-hydrogen) atoms. The first-order valence-corrected chi connectivity index (χ1v) is 13.1. The van der Waals surface area contributed by atoms with Crippen molar-refractivity contribution in [1.82, 2.24) is 0 Å². The molecule has 0 aliphatic carbocycles. The maximum atomic E-state index is 12.6. The summed E-state index contributed by atoms with van der Waals surface area (Å²) >= 11 is 5.89. The number of cyclic esters (lactones) is 1. The van der Waals surface area contributed by atoms with E-state index in [4.69, 9.17) is 35.3 Å². The first kappa shape index (κ1) is 28.4. The van der Waals surface area contributed by atoms with Crippen molar-refractivity contribution in [3.05, 3.63) is 94.1 Å². The molecule has 0 unspecified atom stereocenters. The van der Waals surface area contributed by atoms with E-state index in [2.05, 4.69) is 4.99 Å². The zero-order valence-electron chi connectivity index (χ0n) is 22.3. The minimum Gasteiger partial charge on any atom is -0.490 e. The fourth-order valence-corrected chi connectivity index (χ4v) is 3.85. The molecule has 0 radical (unpaired) electrons. The van der Waals surface area contributed by atoms with Crippen molar-refractivity contribution in [3.8, 4) is 23.0 Å². The summed E-state index contributed by atoms with van der Waals surface area (Å²) in [6, 6.07) is 17.2. The van der Waals surface area contributed by atoms with Gasteiger partial charge < -0.3 is 23.7 Å². The molecule has 4 rings (SSSR count). The van der Waals surface area contributed by atoms with Crippen LogP contribution in [0.4, 0.5) is 0 Å². The Labute approximate surface area is 237 Å². The number of hydrogen-bond donors (Lipinski definition) is 0. The van der Waals surface area contributed by atoms with Gasteiger partial charge in [0.25, 0.3) is 0 Å². The third-order valence-electron chi connectivity index (χ3n) is 5.47. The predicted octanol–water partition coefficient (Wildman–Crippen LogP) is 6.50. The second kappa shape index (κ2) is 13.5. The van der Waals surface area contributed by atoms with E-state index in [9.17, 15) is 9.59 Å². The minimum atomic E-state index is -0.595. The van der Waals surface area contributed by atoms with E-state index in [-0.39, 0.29) is 17.3 Å². The van der Waals surface area contributed by atoms with E-state index >= 15 is 0 Å². The van der Waals surface area contributed by atoms with Crippen molar-refractivity contribution in [2.24, 2.45) is 4.99 Å². The Morgan fingerprint density at radius 1 is 0.825 bits per heavy atom. The summed E-state index contributed by atoms with van der Waals surface area (Å²) in [5, 5.41) is 0.607. The van der Waals surface area contributed by atoms with Crippen LogP contribution in [0.25, 0.3) is 12.2 Å². The zero-order chi connectivity index (χ0) is 28.5. The van der Waals surface area contributed by atoms with Crippen molar-refractivity contribution < 1.29 is 33.3 Å². The van der Waals surface area contributed by atoms with Crippen LogP contribution in [0.15, 0.2) is 77.4 Å². The third kappa shape index (κ3) is 7.30. The van der Waals surface area contributed by atoms with Gasteiger partial charge in [-0.15, -0.1) is 0 Å².